The maximum Gasteiger partial charge on any atom is 0.0959 e. The molecule has 0 saturated heterocycles. The number of nitrogens with zero attached hydrogens (tertiary/aromatic N) is 1. The SMILES string of the molecule is CO[C@@H](C)C1=CCC(C)C(I)=N1. The molecule has 2 atom stereocenters. The lowest BCUT2D eigenvalue weighted by Crippen LogP contribution is -2.14. The third-order valence-electron chi connectivity index (χ3n) is 2.09. The van der Waals surface area contributed by atoms with E-state index in [1.165, 1.54) is 3.72 Å². The molecule has 0 aromatic heterocycles. The van der Waals surface area contributed by atoms with Gasteiger partial charge in [0.25, 0.3) is 0 Å². The highest BCUT2D eigenvalue weighted by molar-refractivity contribution is 14.1. The predicted octanol–water partition coefficient (Wildman–Crippen LogP) is 2.78. The smallest absolute Gasteiger partial charge is 0.0959 e. The molecule has 3 heteroatoms. The van der Waals surface area contributed by atoms with E-state index in [0.717, 1.165) is 12.1 Å². The van der Waals surface area contributed by atoms with Crippen LogP contribution in [0.1, 0.15) is 20.3 Å². The number of rotatable bonds is 2. The molecule has 68 valence electrons. The van der Waals surface area contributed by atoms with Gasteiger partial charge in [0, 0.05) is 13.0 Å². The Kier molecular flexibility index (Phi) is 3.71. The van der Waals surface area contributed by atoms with Gasteiger partial charge in [-0.05, 0) is 35.9 Å². The molecule has 0 amide bonds. The fraction of sp³-hybridized carbons (Fsp3) is 0.667. The quantitative estimate of drug-likeness (QED) is 0.712. The van der Waals surface area contributed by atoms with Crippen molar-refractivity contribution >= 4 is 26.3 Å². The first-order valence-corrected chi connectivity index (χ1v) is 5.20. The van der Waals surface area contributed by atoms with Gasteiger partial charge in [-0.3, -0.25) is 0 Å². The summed E-state index contributed by atoms with van der Waals surface area (Å²) in [7, 11) is 1.71. The van der Waals surface area contributed by atoms with E-state index in [1.807, 2.05) is 6.92 Å². The summed E-state index contributed by atoms with van der Waals surface area (Å²) in [6, 6.07) is 0. The number of halogens is 1. The van der Waals surface area contributed by atoms with Crippen molar-refractivity contribution in [1.82, 2.24) is 0 Å². The Morgan fingerprint density at radius 2 is 2.42 bits per heavy atom. The minimum atomic E-state index is 0.127. The summed E-state index contributed by atoms with van der Waals surface area (Å²) in [6.07, 6.45) is 3.38. The van der Waals surface area contributed by atoms with Gasteiger partial charge in [0.15, 0.2) is 0 Å². The summed E-state index contributed by atoms with van der Waals surface area (Å²) >= 11 is 2.30. The first kappa shape index (κ1) is 10.2. The van der Waals surface area contributed by atoms with Crippen molar-refractivity contribution in [1.29, 1.82) is 0 Å². The van der Waals surface area contributed by atoms with Crippen LogP contribution in [0.2, 0.25) is 0 Å². The Morgan fingerprint density at radius 3 is 2.92 bits per heavy atom. The lowest BCUT2D eigenvalue weighted by atomic mass is 10.1. The number of methoxy groups -OCH3 is 1. The van der Waals surface area contributed by atoms with E-state index in [1.54, 1.807) is 7.11 Å². The van der Waals surface area contributed by atoms with Crippen LogP contribution in [0.4, 0.5) is 0 Å². The lowest BCUT2D eigenvalue weighted by molar-refractivity contribution is 0.145. The van der Waals surface area contributed by atoms with Crippen LogP contribution in [-0.2, 0) is 4.74 Å². The van der Waals surface area contributed by atoms with E-state index >= 15 is 0 Å². The van der Waals surface area contributed by atoms with Crippen molar-refractivity contribution in [3.05, 3.63) is 11.8 Å². The van der Waals surface area contributed by atoms with Gasteiger partial charge in [0.1, 0.15) is 0 Å². The number of ether oxygens (including phenoxy) is 1. The molecule has 1 heterocycles. The maximum atomic E-state index is 5.19. The molecular weight excluding hydrogens is 265 g/mol. The molecule has 0 aromatic rings. The number of hydrogen-bond acceptors (Lipinski definition) is 2. The summed E-state index contributed by atoms with van der Waals surface area (Å²) in [4.78, 5) is 4.47. The van der Waals surface area contributed by atoms with E-state index < -0.39 is 0 Å². The van der Waals surface area contributed by atoms with Gasteiger partial charge < -0.3 is 4.74 Å². The average Bonchev–Trinajstić information content (AvgIpc) is 2.08. The van der Waals surface area contributed by atoms with Crippen LogP contribution in [0.15, 0.2) is 16.8 Å². The summed E-state index contributed by atoms with van der Waals surface area (Å²) in [5, 5.41) is 0. The summed E-state index contributed by atoms with van der Waals surface area (Å²) in [5.41, 5.74) is 1.07. The minimum Gasteiger partial charge on any atom is -0.375 e. The Hall–Kier alpha value is 0.1000. The van der Waals surface area contributed by atoms with Gasteiger partial charge in [-0.15, -0.1) is 0 Å². The fourth-order valence-electron chi connectivity index (χ4n) is 1.05. The van der Waals surface area contributed by atoms with E-state index in [9.17, 15) is 0 Å². The van der Waals surface area contributed by atoms with Crippen LogP contribution >= 0.6 is 22.6 Å². The van der Waals surface area contributed by atoms with Crippen molar-refractivity contribution in [2.24, 2.45) is 10.9 Å². The molecule has 1 aliphatic rings. The van der Waals surface area contributed by atoms with Gasteiger partial charge in [-0.25, -0.2) is 4.99 Å². The minimum absolute atomic E-state index is 0.127. The highest BCUT2D eigenvalue weighted by atomic mass is 127. The molecule has 1 unspecified atom stereocenters. The molecule has 1 aliphatic heterocycles. The fourth-order valence-corrected chi connectivity index (χ4v) is 1.58. The van der Waals surface area contributed by atoms with Gasteiger partial charge in [0.05, 0.1) is 15.5 Å². The molecule has 0 radical (unpaired) electrons. The highest BCUT2D eigenvalue weighted by Crippen LogP contribution is 2.22. The molecular formula is C9H14INO. The van der Waals surface area contributed by atoms with Crippen molar-refractivity contribution in [2.75, 3.05) is 7.11 Å². The second-order valence-electron chi connectivity index (χ2n) is 3.08. The number of allylic oxidation sites excluding steroid dienone is 1. The predicted molar refractivity (Wildman–Crippen MR) is 59.8 cm³/mol. The van der Waals surface area contributed by atoms with Crippen LogP contribution in [0.5, 0.6) is 0 Å². The first-order valence-electron chi connectivity index (χ1n) is 4.12. The third kappa shape index (κ3) is 2.29. The Balaban J connectivity index is 2.71. The van der Waals surface area contributed by atoms with Gasteiger partial charge in [-0.2, -0.15) is 0 Å². The molecule has 0 N–H and O–H groups in total. The molecule has 0 aliphatic carbocycles. The molecule has 1 rings (SSSR count). The molecule has 0 aromatic carbocycles. The van der Waals surface area contributed by atoms with Gasteiger partial charge in [0.2, 0.25) is 0 Å². The summed E-state index contributed by atoms with van der Waals surface area (Å²) in [6.45, 7) is 4.21. The van der Waals surface area contributed by atoms with E-state index in [-0.39, 0.29) is 6.10 Å². The third-order valence-corrected chi connectivity index (χ3v) is 3.40. The molecule has 12 heavy (non-hydrogen) atoms. The van der Waals surface area contributed by atoms with E-state index in [2.05, 4.69) is 40.6 Å². The molecule has 0 bridgehead atoms. The zero-order valence-corrected chi connectivity index (χ0v) is 9.83. The van der Waals surface area contributed by atoms with Crippen molar-refractivity contribution in [3.63, 3.8) is 0 Å². The maximum absolute atomic E-state index is 5.19. The number of hydrogen-bond donors (Lipinski definition) is 0. The van der Waals surface area contributed by atoms with Crippen LogP contribution < -0.4 is 0 Å². The monoisotopic (exact) mass is 279 g/mol. The molecule has 0 saturated carbocycles. The van der Waals surface area contributed by atoms with Crippen LogP contribution in [-0.4, -0.2) is 16.9 Å². The Bertz CT molecular complexity index is 223. The Labute approximate surface area is 87.2 Å². The van der Waals surface area contributed by atoms with Crippen molar-refractivity contribution in [3.8, 4) is 0 Å². The van der Waals surface area contributed by atoms with Crippen molar-refractivity contribution < 1.29 is 4.74 Å². The topological polar surface area (TPSA) is 21.6 Å². The largest absolute Gasteiger partial charge is 0.375 e. The first-order chi connectivity index (χ1) is 5.65. The number of aliphatic imine (C=N–C) groups is 1. The van der Waals surface area contributed by atoms with Gasteiger partial charge in [-0.1, -0.05) is 13.0 Å². The zero-order chi connectivity index (χ0) is 9.14. The normalized spacial score (nSPS) is 26.2. The highest BCUT2D eigenvalue weighted by Gasteiger charge is 2.15. The standard InChI is InChI=1S/C9H14INO/c1-6-4-5-8(7(2)12-3)11-9(6)10/h5-7H,4H2,1-3H3/t6?,7-/m0/s1. The lowest BCUT2D eigenvalue weighted by Gasteiger charge is -2.18. The van der Waals surface area contributed by atoms with Gasteiger partial charge >= 0.3 is 0 Å². The van der Waals surface area contributed by atoms with Crippen LogP contribution in [0.3, 0.4) is 0 Å². The summed E-state index contributed by atoms with van der Waals surface area (Å²) in [5.74, 6) is 0.582. The zero-order valence-electron chi connectivity index (χ0n) is 7.67. The molecule has 0 fully saturated rings. The Morgan fingerprint density at radius 1 is 1.75 bits per heavy atom. The molecule has 2 nitrogen and oxygen atoms in total. The summed E-state index contributed by atoms with van der Waals surface area (Å²) < 4.78 is 6.38. The van der Waals surface area contributed by atoms with Crippen LogP contribution in [0, 0.1) is 5.92 Å². The van der Waals surface area contributed by atoms with E-state index in [4.69, 9.17) is 4.74 Å². The second-order valence-corrected chi connectivity index (χ2v) is 4.18. The van der Waals surface area contributed by atoms with Crippen LogP contribution in [0.25, 0.3) is 0 Å². The average molecular weight is 279 g/mol. The second kappa shape index (κ2) is 4.37. The molecule has 0 spiro atoms. The van der Waals surface area contributed by atoms with Crippen molar-refractivity contribution in [2.45, 2.75) is 26.4 Å². The van der Waals surface area contributed by atoms with E-state index in [0.29, 0.717) is 5.92 Å².